The van der Waals surface area contributed by atoms with Crippen LogP contribution in [0.1, 0.15) is 11.1 Å². The van der Waals surface area contributed by atoms with E-state index in [-0.39, 0.29) is 13.2 Å². The molecule has 0 aromatic heterocycles. The molecule has 0 saturated carbocycles. The van der Waals surface area contributed by atoms with Crippen LogP contribution in [-0.2, 0) is 22.7 Å². The SMILES string of the molecule is O=C(OCc1ccccc1)N1C(=O)OCc2ccc1cc2. The van der Waals surface area contributed by atoms with Crippen molar-refractivity contribution in [1.82, 2.24) is 0 Å². The van der Waals surface area contributed by atoms with E-state index < -0.39 is 12.2 Å². The van der Waals surface area contributed by atoms with E-state index in [9.17, 15) is 9.59 Å². The molecule has 2 heterocycles. The fourth-order valence-electron chi connectivity index (χ4n) is 2.02. The molecule has 0 fully saturated rings. The van der Waals surface area contributed by atoms with Crippen LogP contribution in [-0.4, -0.2) is 12.2 Å². The minimum atomic E-state index is -0.751. The highest BCUT2D eigenvalue weighted by molar-refractivity contribution is 6.09. The van der Waals surface area contributed by atoms with Gasteiger partial charge < -0.3 is 9.47 Å². The first kappa shape index (κ1) is 13.2. The van der Waals surface area contributed by atoms with Crippen LogP contribution in [0.5, 0.6) is 0 Å². The molecule has 5 nitrogen and oxygen atoms in total. The molecule has 0 aliphatic carbocycles. The van der Waals surface area contributed by atoms with Gasteiger partial charge in [0.15, 0.2) is 0 Å². The van der Waals surface area contributed by atoms with Gasteiger partial charge >= 0.3 is 12.2 Å². The first-order chi connectivity index (χ1) is 10.2. The van der Waals surface area contributed by atoms with Crippen molar-refractivity contribution in [2.45, 2.75) is 13.2 Å². The lowest BCUT2D eigenvalue weighted by Gasteiger charge is -2.22. The number of benzene rings is 2. The summed E-state index contributed by atoms with van der Waals surface area (Å²) in [4.78, 5) is 24.9. The van der Waals surface area contributed by atoms with Crippen LogP contribution in [0.15, 0.2) is 54.6 Å². The van der Waals surface area contributed by atoms with E-state index in [1.54, 1.807) is 24.3 Å². The Morgan fingerprint density at radius 1 is 1.10 bits per heavy atom. The molecule has 2 aromatic carbocycles. The number of hydrogen-bond acceptors (Lipinski definition) is 4. The molecular weight excluding hydrogens is 270 g/mol. The lowest BCUT2D eigenvalue weighted by Crippen LogP contribution is -2.38. The molecule has 2 bridgehead atoms. The summed E-state index contributed by atoms with van der Waals surface area (Å²) in [7, 11) is 0. The van der Waals surface area contributed by atoms with E-state index in [4.69, 9.17) is 9.47 Å². The van der Waals surface area contributed by atoms with E-state index in [2.05, 4.69) is 0 Å². The molecule has 5 heteroatoms. The molecule has 0 N–H and O–H groups in total. The highest BCUT2D eigenvalue weighted by Gasteiger charge is 2.28. The summed E-state index contributed by atoms with van der Waals surface area (Å²) < 4.78 is 10.2. The molecule has 0 atom stereocenters. The van der Waals surface area contributed by atoms with Gasteiger partial charge in [-0.2, -0.15) is 4.90 Å². The molecule has 21 heavy (non-hydrogen) atoms. The molecule has 0 radical (unpaired) electrons. The van der Waals surface area contributed by atoms with Crippen LogP contribution in [0.3, 0.4) is 0 Å². The summed E-state index contributed by atoms with van der Waals surface area (Å²) in [5.74, 6) is 0. The van der Waals surface area contributed by atoms with Crippen molar-refractivity contribution in [3.63, 3.8) is 0 Å². The number of nitrogens with zero attached hydrogens (tertiary/aromatic N) is 1. The maximum Gasteiger partial charge on any atom is 0.424 e. The zero-order valence-electron chi connectivity index (χ0n) is 11.2. The van der Waals surface area contributed by atoms with Gasteiger partial charge in [0, 0.05) is 0 Å². The standard InChI is InChI=1S/C16H13NO4/c18-15(20-10-12-4-2-1-3-5-12)17-14-8-6-13(7-9-14)11-21-16(17)19/h1-9H,10-11H2. The van der Waals surface area contributed by atoms with Gasteiger partial charge in [-0.05, 0) is 23.3 Å². The van der Waals surface area contributed by atoms with Crippen molar-refractivity contribution >= 4 is 17.9 Å². The Morgan fingerprint density at radius 2 is 1.81 bits per heavy atom. The van der Waals surface area contributed by atoms with Crippen molar-refractivity contribution < 1.29 is 19.1 Å². The second-order valence-electron chi connectivity index (χ2n) is 4.60. The number of imide groups is 1. The van der Waals surface area contributed by atoms with Crippen LogP contribution < -0.4 is 4.90 Å². The number of rotatable bonds is 2. The predicted octanol–water partition coefficient (Wildman–Crippen LogP) is 3.48. The normalized spacial score (nSPS) is 13.3. The molecule has 106 valence electrons. The minimum absolute atomic E-state index is 0.0987. The summed E-state index contributed by atoms with van der Waals surface area (Å²) in [6.07, 6.45) is -1.48. The second-order valence-corrected chi connectivity index (χ2v) is 4.60. The molecule has 0 spiro atoms. The first-order valence-electron chi connectivity index (χ1n) is 6.50. The highest BCUT2D eigenvalue weighted by Crippen LogP contribution is 2.21. The van der Waals surface area contributed by atoms with Gasteiger partial charge in [-0.25, -0.2) is 9.59 Å². The summed E-state index contributed by atoms with van der Waals surface area (Å²) in [6, 6.07) is 16.3. The molecule has 2 aliphatic heterocycles. The Bertz CT molecular complexity index is 652. The highest BCUT2D eigenvalue weighted by atomic mass is 16.6. The van der Waals surface area contributed by atoms with Gasteiger partial charge in [-0.1, -0.05) is 42.5 Å². The third kappa shape index (κ3) is 2.86. The first-order valence-corrected chi connectivity index (χ1v) is 6.50. The molecule has 0 unspecified atom stereocenters. The number of hydrogen-bond donors (Lipinski definition) is 0. The third-order valence-electron chi connectivity index (χ3n) is 3.13. The molecule has 2 aromatic rings. The topological polar surface area (TPSA) is 55.8 Å². The quantitative estimate of drug-likeness (QED) is 0.846. The molecule has 4 rings (SSSR count). The van der Waals surface area contributed by atoms with Crippen molar-refractivity contribution in [2.75, 3.05) is 4.90 Å². The number of ether oxygens (including phenoxy) is 2. The van der Waals surface area contributed by atoms with Gasteiger partial charge in [0.1, 0.15) is 13.2 Å². The lowest BCUT2D eigenvalue weighted by molar-refractivity contribution is 0.127. The number of carbonyl (C=O) groups excluding carboxylic acids is 2. The maximum absolute atomic E-state index is 12.1. The minimum Gasteiger partial charge on any atom is -0.444 e. The number of amides is 2. The van der Waals surface area contributed by atoms with E-state index in [1.165, 1.54) is 0 Å². The molecular formula is C16H13NO4. The van der Waals surface area contributed by atoms with Crippen LogP contribution in [0.25, 0.3) is 0 Å². The Labute approximate surface area is 121 Å². The Hall–Kier alpha value is -2.82. The number of fused-ring (bicyclic) bond motifs is 5. The fourth-order valence-corrected chi connectivity index (χ4v) is 2.02. The Morgan fingerprint density at radius 3 is 2.52 bits per heavy atom. The van der Waals surface area contributed by atoms with E-state index in [0.717, 1.165) is 16.0 Å². The number of anilines is 1. The van der Waals surface area contributed by atoms with Gasteiger partial charge in [0.05, 0.1) is 5.69 Å². The fraction of sp³-hybridized carbons (Fsp3) is 0.125. The summed E-state index contributed by atoms with van der Waals surface area (Å²) in [6.45, 7) is 0.239. The average Bonchev–Trinajstić information content (AvgIpc) is 2.51. The number of carbonyl (C=O) groups is 2. The van der Waals surface area contributed by atoms with E-state index >= 15 is 0 Å². The monoisotopic (exact) mass is 283 g/mol. The van der Waals surface area contributed by atoms with Crippen molar-refractivity contribution in [3.8, 4) is 0 Å². The van der Waals surface area contributed by atoms with Crippen LogP contribution in [0, 0.1) is 0 Å². The summed E-state index contributed by atoms with van der Waals surface area (Å²) in [5.41, 5.74) is 2.16. The molecule has 2 amide bonds. The van der Waals surface area contributed by atoms with Gasteiger partial charge in [0.25, 0.3) is 0 Å². The van der Waals surface area contributed by atoms with Gasteiger partial charge in [-0.15, -0.1) is 0 Å². The van der Waals surface area contributed by atoms with Crippen LogP contribution in [0.2, 0.25) is 0 Å². The second kappa shape index (κ2) is 5.66. The summed E-state index contributed by atoms with van der Waals surface area (Å²) in [5, 5.41) is 0. The maximum atomic E-state index is 12.1. The van der Waals surface area contributed by atoms with Crippen LogP contribution in [0.4, 0.5) is 15.3 Å². The summed E-state index contributed by atoms with van der Waals surface area (Å²) >= 11 is 0. The zero-order chi connectivity index (χ0) is 14.7. The van der Waals surface area contributed by atoms with Crippen LogP contribution >= 0.6 is 0 Å². The average molecular weight is 283 g/mol. The van der Waals surface area contributed by atoms with Gasteiger partial charge in [-0.3, -0.25) is 0 Å². The van der Waals surface area contributed by atoms with Crippen molar-refractivity contribution in [1.29, 1.82) is 0 Å². The smallest absolute Gasteiger partial charge is 0.424 e. The zero-order valence-corrected chi connectivity index (χ0v) is 11.2. The van der Waals surface area contributed by atoms with Crippen molar-refractivity contribution in [3.05, 3.63) is 65.7 Å². The Balaban J connectivity index is 1.75. The van der Waals surface area contributed by atoms with Crippen molar-refractivity contribution in [2.24, 2.45) is 0 Å². The third-order valence-corrected chi connectivity index (χ3v) is 3.13. The molecule has 0 saturated heterocycles. The van der Waals surface area contributed by atoms with Gasteiger partial charge in [0.2, 0.25) is 0 Å². The predicted molar refractivity (Wildman–Crippen MR) is 75.7 cm³/mol. The lowest BCUT2D eigenvalue weighted by atomic mass is 10.2. The van der Waals surface area contributed by atoms with E-state index in [0.29, 0.717) is 5.69 Å². The van der Waals surface area contributed by atoms with E-state index in [1.807, 2.05) is 30.3 Å². The Kier molecular flexibility index (Phi) is 3.55. The molecule has 2 aliphatic rings. The largest absolute Gasteiger partial charge is 0.444 e.